The van der Waals surface area contributed by atoms with Crippen molar-refractivity contribution < 1.29 is 14.5 Å². The molecule has 0 aromatic heterocycles. The van der Waals surface area contributed by atoms with E-state index in [4.69, 9.17) is 10.00 Å². The smallest absolute Gasteiger partial charge is 0.273 e. The number of ketones is 1. The zero-order valence-corrected chi connectivity index (χ0v) is 10.9. The van der Waals surface area contributed by atoms with E-state index in [-0.39, 0.29) is 28.7 Å². The lowest BCUT2D eigenvalue weighted by atomic mass is 9.89. The first-order valence-corrected chi connectivity index (χ1v) is 5.68. The minimum atomic E-state index is -0.796. The lowest BCUT2D eigenvalue weighted by molar-refractivity contribution is -0.384. The highest BCUT2D eigenvalue weighted by atomic mass is 16.6. The first kappa shape index (κ1) is 14.6. The molecule has 1 rings (SSSR count). The fourth-order valence-electron chi connectivity index (χ4n) is 1.68. The van der Waals surface area contributed by atoms with Gasteiger partial charge in [-0.3, -0.25) is 14.9 Å². The molecular weight excluding hydrogens is 248 g/mol. The zero-order chi connectivity index (χ0) is 14.6. The second-order valence-electron chi connectivity index (χ2n) is 4.36. The predicted octanol–water partition coefficient (Wildman–Crippen LogP) is 2.58. The van der Waals surface area contributed by atoms with Crippen LogP contribution in [0.2, 0.25) is 0 Å². The third-order valence-electron chi connectivity index (χ3n) is 2.75. The minimum absolute atomic E-state index is 0.111. The molecule has 100 valence electrons. The maximum atomic E-state index is 12.2. The number of carbonyl (C=O) groups is 1. The molecule has 0 aliphatic heterocycles. The molecule has 0 heterocycles. The van der Waals surface area contributed by atoms with Gasteiger partial charge in [0, 0.05) is 6.07 Å². The second-order valence-corrected chi connectivity index (χ2v) is 4.36. The third-order valence-corrected chi connectivity index (χ3v) is 2.75. The standard InChI is InChI=1S/C13H14N2O4/c1-8(2)11(7-14)13(16)10-5-4-9(15(17)18)6-12(10)19-3/h4-6,8,11H,1-3H3. The van der Waals surface area contributed by atoms with E-state index in [2.05, 4.69) is 0 Å². The van der Waals surface area contributed by atoms with Gasteiger partial charge in [-0.2, -0.15) is 5.26 Å². The number of Topliss-reactive ketones (excluding diaryl/α,β-unsaturated/α-hetero) is 1. The zero-order valence-electron chi connectivity index (χ0n) is 10.9. The Morgan fingerprint density at radius 1 is 1.47 bits per heavy atom. The van der Waals surface area contributed by atoms with Gasteiger partial charge < -0.3 is 4.74 Å². The average molecular weight is 262 g/mol. The van der Waals surface area contributed by atoms with Gasteiger partial charge in [-0.05, 0) is 12.0 Å². The van der Waals surface area contributed by atoms with Crippen molar-refractivity contribution in [3.8, 4) is 11.8 Å². The SMILES string of the molecule is COc1cc([N+](=O)[O-])ccc1C(=O)C(C#N)C(C)C. The molecule has 0 spiro atoms. The number of nitro benzene ring substituents is 1. The molecule has 6 heteroatoms. The van der Waals surface area contributed by atoms with E-state index < -0.39 is 10.8 Å². The van der Waals surface area contributed by atoms with E-state index in [1.807, 2.05) is 6.07 Å². The molecule has 6 nitrogen and oxygen atoms in total. The molecule has 0 saturated carbocycles. The monoisotopic (exact) mass is 262 g/mol. The summed E-state index contributed by atoms with van der Waals surface area (Å²) in [5, 5.41) is 19.7. The number of nitrogens with zero attached hydrogens (tertiary/aromatic N) is 2. The van der Waals surface area contributed by atoms with Crippen molar-refractivity contribution in [3.63, 3.8) is 0 Å². The molecule has 0 amide bonds. The molecule has 0 N–H and O–H groups in total. The molecule has 19 heavy (non-hydrogen) atoms. The summed E-state index contributed by atoms with van der Waals surface area (Å²) >= 11 is 0. The van der Waals surface area contributed by atoms with Crippen molar-refractivity contribution in [2.75, 3.05) is 7.11 Å². The van der Waals surface area contributed by atoms with Crippen LogP contribution in [0.4, 0.5) is 5.69 Å². The summed E-state index contributed by atoms with van der Waals surface area (Å²) in [6, 6.07) is 5.68. The number of ether oxygens (including phenoxy) is 1. The van der Waals surface area contributed by atoms with Gasteiger partial charge in [0.15, 0.2) is 5.78 Å². The molecule has 0 fully saturated rings. The molecular formula is C13H14N2O4. The molecule has 0 bridgehead atoms. The molecule has 0 radical (unpaired) electrons. The molecule has 1 atom stereocenters. The van der Waals surface area contributed by atoms with Crippen molar-refractivity contribution in [1.29, 1.82) is 5.26 Å². The Morgan fingerprint density at radius 2 is 2.11 bits per heavy atom. The van der Waals surface area contributed by atoms with Crippen molar-refractivity contribution in [1.82, 2.24) is 0 Å². The lowest BCUT2D eigenvalue weighted by Crippen LogP contribution is -2.19. The summed E-state index contributed by atoms with van der Waals surface area (Å²) in [6.45, 7) is 3.54. The number of rotatable bonds is 5. The maximum Gasteiger partial charge on any atom is 0.273 e. The highest BCUT2D eigenvalue weighted by Crippen LogP contribution is 2.28. The van der Waals surface area contributed by atoms with Gasteiger partial charge in [0.1, 0.15) is 11.7 Å². The molecule has 1 unspecified atom stereocenters. The fraction of sp³-hybridized carbons (Fsp3) is 0.385. The van der Waals surface area contributed by atoms with Crippen molar-refractivity contribution in [2.45, 2.75) is 13.8 Å². The Labute approximate surface area is 110 Å². The Morgan fingerprint density at radius 3 is 2.53 bits per heavy atom. The first-order valence-electron chi connectivity index (χ1n) is 5.68. The van der Waals surface area contributed by atoms with Crippen LogP contribution in [0, 0.1) is 33.3 Å². The number of carbonyl (C=O) groups excluding carboxylic acids is 1. The number of hydrogen-bond acceptors (Lipinski definition) is 5. The second kappa shape index (κ2) is 5.96. The van der Waals surface area contributed by atoms with E-state index in [9.17, 15) is 14.9 Å². The van der Waals surface area contributed by atoms with Gasteiger partial charge in [-0.25, -0.2) is 0 Å². The van der Waals surface area contributed by atoms with Crippen LogP contribution >= 0.6 is 0 Å². The molecule has 0 aliphatic carbocycles. The molecule has 0 saturated heterocycles. The summed E-state index contributed by atoms with van der Waals surface area (Å²) in [7, 11) is 1.33. The lowest BCUT2D eigenvalue weighted by Gasteiger charge is -2.13. The molecule has 1 aromatic carbocycles. The van der Waals surface area contributed by atoms with Gasteiger partial charge >= 0.3 is 0 Å². The van der Waals surface area contributed by atoms with Crippen molar-refractivity contribution in [2.24, 2.45) is 11.8 Å². The Kier molecular flexibility index (Phi) is 4.59. The number of benzene rings is 1. The van der Waals surface area contributed by atoms with Gasteiger partial charge in [0.2, 0.25) is 0 Å². The quantitative estimate of drug-likeness (QED) is 0.462. The minimum Gasteiger partial charge on any atom is -0.496 e. The maximum absolute atomic E-state index is 12.2. The number of methoxy groups -OCH3 is 1. The van der Waals surface area contributed by atoms with Gasteiger partial charge in [-0.15, -0.1) is 0 Å². The van der Waals surface area contributed by atoms with Crippen molar-refractivity contribution >= 4 is 11.5 Å². The fourth-order valence-corrected chi connectivity index (χ4v) is 1.68. The Balaban J connectivity index is 3.24. The Hall–Kier alpha value is -2.42. The predicted molar refractivity (Wildman–Crippen MR) is 67.9 cm³/mol. The highest BCUT2D eigenvalue weighted by molar-refractivity contribution is 6.02. The average Bonchev–Trinajstić information content (AvgIpc) is 2.37. The number of nitro groups is 1. The van der Waals surface area contributed by atoms with Crippen LogP contribution in [-0.2, 0) is 0 Å². The summed E-state index contributed by atoms with van der Waals surface area (Å²) in [5.41, 5.74) is 0.0276. The van der Waals surface area contributed by atoms with E-state index >= 15 is 0 Å². The summed E-state index contributed by atoms with van der Waals surface area (Å²) in [6.07, 6.45) is 0. The van der Waals surface area contributed by atoms with Crippen LogP contribution in [-0.4, -0.2) is 17.8 Å². The van der Waals surface area contributed by atoms with E-state index in [1.54, 1.807) is 13.8 Å². The van der Waals surface area contributed by atoms with Crippen LogP contribution in [0.25, 0.3) is 0 Å². The number of hydrogen-bond donors (Lipinski definition) is 0. The van der Waals surface area contributed by atoms with E-state index in [1.165, 1.54) is 25.3 Å². The summed E-state index contributed by atoms with van der Waals surface area (Å²) < 4.78 is 5.00. The first-order chi connectivity index (χ1) is 8.92. The van der Waals surface area contributed by atoms with Gasteiger partial charge in [-0.1, -0.05) is 13.8 Å². The third kappa shape index (κ3) is 3.07. The van der Waals surface area contributed by atoms with Crippen LogP contribution in [0.3, 0.4) is 0 Å². The number of non-ortho nitro benzene ring substituents is 1. The summed E-state index contributed by atoms with van der Waals surface area (Å²) in [5.74, 6) is -1.21. The van der Waals surface area contributed by atoms with Gasteiger partial charge in [0.05, 0.1) is 29.7 Å². The Bertz CT molecular complexity index is 546. The van der Waals surface area contributed by atoms with Crippen LogP contribution in [0.5, 0.6) is 5.75 Å². The van der Waals surface area contributed by atoms with Crippen LogP contribution in [0.15, 0.2) is 18.2 Å². The highest BCUT2D eigenvalue weighted by Gasteiger charge is 2.26. The largest absolute Gasteiger partial charge is 0.496 e. The van der Waals surface area contributed by atoms with Gasteiger partial charge in [0.25, 0.3) is 5.69 Å². The van der Waals surface area contributed by atoms with Crippen LogP contribution in [0.1, 0.15) is 24.2 Å². The van der Waals surface area contributed by atoms with Crippen molar-refractivity contribution in [3.05, 3.63) is 33.9 Å². The van der Waals surface area contributed by atoms with E-state index in [0.717, 1.165) is 0 Å². The topological polar surface area (TPSA) is 93.2 Å². The van der Waals surface area contributed by atoms with E-state index in [0.29, 0.717) is 0 Å². The number of nitriles is 1. The molecule has 0 aliphatic rings. The summed E-state index contributed by atoms with van der Waals surface area (Å²) in [4.78, 5) is 22.3. The normalized spacial score (nSPS) is 11.7. The molecule has 1 aromatic rings. The van der Waals surface area contributed by atoms with Crippen LogP contribution < -0.4 is 4.74 Å².